The number of hydrogen-bond acceptors (Lipinski definition) is 2. The molecule has 102 valence electrons. The van der Waals surface area contributed by atoms with E-state index in [2.05, 4.69) is 23.0 Å². The number of ether oxygens (including phenoxy) is 1. The van der Waals surface area contributed by atoms with Crippen LogP contribution in [0.25, 0.3) is 0 Å². The third-order valence-electron chi connectivity index (χ3n) is 4.05. The maximum absolute atomic E-state index is 5.77. The second-order valence-electron chi connectivity index (χ2n) is 5.19. The minimum Gasteiger partial charge on any atom is -0.361 e. The first-order valence-corrected chi connectivity index (χ1v) is 7.11. The third kappa shape index (κ3) is 3.37. The lowest BCUT2D eigenvalue weighted by Crippen LogP contribution is -2.36. The molecule has 1 aliphatic heterocycles. The number of nitrogens with zero attached hydrogens (tertiary/aromatic N) is 1. The van der Waals surface area contributed by atoms with Crippen LogP contribution in [0.3, 0.4) is 0 Å². The maximum atomic E-state index is 5.77. The molecule has 0 aliphatic carbocycles. The molecule has 19 heavy (non-hydrogen) atoms. The zero-order valence-corrected chi connectivity index (χ0v) is 11.8. The number of piperidine rings is 1. The molecule has 0 aromatic heterocycles. The molecule has 1 aromatic rings. The van der Waals surface area contributed by atoms with Crippen LogP contribution in [-0.4, -0.2) is 31.6 Å². The second kappa shape index (κ2) is 6.75. The van der Waals surface area contributed by atoms with Crippen molar-refractivity contribution in [2.24, 2.45) is 0 Å². The van der Waals surface area contributed by atoms with Gasteiger partial charge < -0.3 is 9.64 Å². The first-order valence-electron chi connectivity index (χ1n) is 7.11. The quantitative estimate of drug-likeness (QED) is 0.752. The summed E-state index contributed by atoms with van der Waals surface area (Å²) in [6.07, 6.45) is 10.6. The first kappa shape index (κ1) is 14.1. The Labute approximate surface area is 116 Å². The van der Waals surface area contributed by atoms with Crippen LogP contribution in [0.4, 0.5) is 0 Å². The van der Waals surface area contributed by atoms with Gasteiger partial charge in [-0.3, -0.25) is 0 Å². The van der Waals surface area contributed by atoms with E-state index in [1.54, 1.807) is 7.11 Å². The Morgan fingerprint density at radius 2 is 1.89 bits per heavy atom. The molecule has 2 heteroatoms. The molecule has 0 unspecified atom stereocenters. The first-order chi connectivity index (χ1) is 9.30. The smallest absolute Gasteiger partial charge is 0.154 e. The Morgan fingerprint density at radius 1 is 1.21 bits per heavy atom. The van der Waals surface area contributed by atoms with E-state index in [4.69, 9.17) is 11.2 Å². The lowest BCUT2D eigenvalue weighted by atomic mass is 9.90. The summed E-state index contributed by atoms with van der Waals surface area (Å²) in [4.78, 5) is 2.50. The van der Waals surface area contributed by atoms with Gasteiger partial charge in [-0.1, -0.05) is 42.7 Å². The average molecular weight is 257 g/mol. The summed E-state index contributed by atoms with van der Waals surface area (Å²) in [5.41, 5.74) is 0.496. The number of terminal acetylenes is 1. The number of hydrogen-bond donors (Lipinski definition) is 0. The summed E-state index contributed by atoms with van der Waals surface area (Å²) in [5, 5.41) is 0. The molecule has 1 aromatic carbocycles. The molecule has 1 heterocycles. The zero-order chi connectivity index (χ0) is 13.6. The van der Waals surface area contributed by atoms with Crippen LogP contribution in [0.2, 0.25) is 0 Å². The summed E-state index contributed by atoms with van der Waals surface area (Å²) in [7, 11) is 1.71. The molecule has 2 rings (SSSR count). The summed E-state index contributed by atoms with van der Waals surface area (Å²) in [5.74, 6) is 2.87. The number of likely N-dealkylation sites (tertiary alicyclic amines) is 1. The summed E-state index contributed by atoms with van der Waals surface area (Å²) in [6, 6.07) is 10.1. The fourth-order valence-corrected chi connectivity index (χ4v) is 2.78. The Morgan fingerprint density at radius 3 is 2.47 bits per heavy atom. The van der Waals surface area contributed by atoms with Crippen LogP contribution in [0.1, 0.15) is 31.2 Å². The molecule has 0 N–H and O–H groups in total. The number of methoxy groups -OCH3 is 1. The highest BCUT2D eigenvalue weighted by Gasteiger charge is 2.30. The third-order valence-corrected chi connectivity index (χ3v) is 4.05. The maximum Gasteiger partial charge on any atom is 0.154 e. The lowest BCUT2D eigenvalue weighted by molar-refractivity contribution is 0.0200. The van der Waals surface area contributed by atoms with E-state index >= 15 is 0 Å². The fraction of sp³-hybridized carbons (Fsp3) is 0.529. The van der Waals surface area contributed by atoms with E-state index in [0.717, 1.165) is 18.5 Å². The van der Waals surface area contributed by atoms with Gasteiger partial charge in [-0.25, -0.2) is 0 Å². The van der Waals surface area contributed by atoms with Crippen molar-refractivity contribution >= 4 is 0 Å². The Hall–Kier alpha value is -1.30. The van der Waals surface area contributed by atoms with Crippen LogP contribution in [-0.2, 0) is 10.3 Å². The van der Waals surface area contributed by atoms with Crippen LogP contribution in [0.15, 0.2) is 30.3 Å². The Balaban J connectivity index is 2.05. The van der Waals surface area contributed by atoms with Crippen LogP contribution >= 0.6 is 0 Å². The highest BCUT2D eigenvalue weighted by atomic mass is 16.5. The number of benzene rings is 1. The van der Waals surface area contributed by atoms with Gasteiger partial charge in [0.05, 0.1) is 0 Å². The molecule has 0 amide bonds. The normalized spacial score (nSPS) is 19.6. The zero-order valence-electron chi connectivity index (χ0n) is 11.8. The predicted octanol–water partition coefficient (Wildman–Crippen LogP) is 3.04. The number of rotatable bonds is 5. The van der Waals surface area contributed by atoms with E-state index in [0.29, 0.717) is 0 Å². The van der Waals surface area contributed by atoms with Crippen LogP contribution in [0.5, 0.6) is 0 Å². The molecule has 0 bridgehead atoms. The van der Waals surface area contributed by atoms with Gasteiger partial charge in [-0.05, 0) is 31.5 Å². The van der Waals surface area contributed by atoms with Crippen molar-refractivity contribution in [2.45, 2.75) is 31.3 Å². The van der Waals surface area contributed by atoms with Gasteiger partial charge in [0.1, 0.15) is 0 Å². The van der Waals surface area contributed by atoms with Crippen molar-refractivity contribution in [3.05, 3.63) is 35.9 Å². The summed E-state index contributed by atoms with van der Waals surface area (Å²) in [6.45, 7) is 3.39. The average Bonchev–Trinajstić information content (AvgIpc) is 2.51. The molecule has 1 fully saturated rings. The SMILES string of the molecule is C#C[C@](CCN1CCCCC1)(OC)c1ccccc1. The second-order valence-corrected chi connectivity index (χ2v) is 5.19. The van der Waals surface area contributed by atoms with Crippen molar-refractivity contribution in [3.63, 3.8) is 0 Å². The van der Waals surface area contributed by atoms with Gasteiger partial charge in [-0.2, -0.15) is 0 Å². The minimum absolute atomic E-state index is 0.585. The van der Waals surface area contributed by atoms with Crippen LogP contribution in [0, 0.1) is 12.3 Å². The largest absolute Gasteiger partial charge is 0.361 e. The molecule has 1 atom stereocenters. The standard InChI is InChI=1S/C17H23NO/c1-3-17(19-2,16-10-6-4-7-11-16)12-15-18-13-8-5-9-14-18/h1,4,6-7,10-11H,5,8-9,12-15H2,2H3/t17-/m1/s1. The van der Waals surface area contributed by atoms with Gasteiger partial charge >= 0.3 is 0 Å². The Kier molecular flexibility index (Phi) is 5.01. The van der Waals surface area contributed by atoms with E-state index in [9.17, 15) is 0 Å². The molecular formula is C17H23NO. The highest BCUT2D eigenvalue weighted by molar-refractivity contribution is 5.30. The van der Waals surface area contributed by atoms with E-state index < -0.39 is 5.60 Å². The molecule has 1 aliphatic rings. The van der Waals surface area contributed by atoms with Crippen molar-refractivity contribution in [3.8, 4) is 12.3 Å². The van der Waals surface area contributed by atoms with Crippen molar-refractivity contribution in [1.82, 2.24) is 4.90 Å². The Bertz CT molecular complexity index is 417. The predicted molar refractivity (Wildman–Crippen MR) is 78.9 cm³/mol. The van der Waals surface area contributed by atoms with E-state index in [1.807, 2.05) is 18.2 Å². The monoisotopic (exact) mass is 257 g/mol. The highest BCUT2D eigenvalue weighted by Crippen LogP contribution is 2.28. The van der Waals surface area contributed by atoms with Crippen molar-refractivity contribution in [2.75, 3.05) is 26.7 Å². The summed E-state index contributed by atoms with van der Waals surface area (Å²) < 4.78 is 5.70. The minimum atomic E-state index is -0.585. The molecule has 0 saturated carbocycles. The molecule has 1 saturated heterocycles. The van der Waals surface area contributed by atoms with Gasteiger partial charge in [0, 0.05) is 20.1 Å². The lowest BCUT2D eigenvalue weighted by Gasteiger charge is -2.32. The van der Waals surface area contributed by atoms with E-state index in [1.165, 1.54) is 32.4 Å². The van der Waals surface area contributed by atoms with Crippen molar-refractivity contribution in [1.29, 1.82) is 0 Å². The topological polar surface area (TPSA) is 12.5 Å². The molecule has 2 nitrogen and oxygen atoms in total. The van der Waals surface area contributed by atoms with Gasteiger partial charge in [-0.15, -0.1) is 6.42 Å². The summed E-state index contributed by atoms with van der Waals surface area (Å²) >= 11 is 0. The van der Waals surface area contributed by atoms with Crippen LogP contribution < -0.4 is 0 Å². The molecular weight excluding hydrogens is 234 g/mol. The fourth-order valence-electron chi connectivity index (χ4n) is 2.78. The molecule has 0 radical (unpaired) electrons. The van der Waals surface area contributed by atoms with E-state index in [-0.39, 0.29) is 0 Å². The van der Waals surface area contributed by atoms with Crippen molar-refractivity contribution < 1.29 is 4.74 Å². The van der Waals surface area contributed by atoms with Gasteiger partial charge in [0.2, 0.25) is 0 Å². The molecule has 0 spiro atoms. The van der Waals surface area contributed by atoms with Gasteiger partial charge in [0.15, 0.2) is 5.60 Å². The van der Waals surface area contributed by atoms with Gasteiger partial charge in [0.25, 0.3) is 0 Å².